The number of rotatable bonds is 7. The van der Waals surface area contributed by atoms with E-state index in [-0.39, 0.29) is 26.5 Å². The van der Waals surface area contributed by atoms with Gasteiger partial charge in [-0.3, -0.25) is 14.1 Å². The van der Waals surface area contributed by atoms with Crippen LogP contribution in [0.3, 0.4) is 0 Å². The summed E-state index contributed by atoms with van der Waals surface area (Å²) in [6.07, 6.45) is 7.41. The summed E-state index contributed by atoms with van der Waals surface area (Å²) in [5.74, 6) is 2.41. The molecular formula is C63H43N5OPt-2. The van der Waals surface area contributed by atoms with E-state index in [0.29, 0.717) is 17.3 Å². The van der Waals surface area contributed by atoms with Gasteiger partial charge in [-0.1, -0.05) is 196 Å². The smallest absolute Gasteiger partial charge is 0.269 e. The molecule has 1 aliphatic carbocycles. The summed E-state index contributed by atoms with van der Waals surface area (Å²) < 4.78 is 13.2. The average molecular weight is 1080 g/mol. The summed E-state index contributed by atoms with van der Waals surface area (Å²) in [5.41, 5.74) is 16.2. The van der Waals surface area contributed by atoms with Gasteiger partial charge in [0.2, 0.25) is 0 Å². The molecule has 0 unspecified atom stereocenters. The van der Waals surface area contributed by atoms with Crippen molar-refractivity contribution in [2.75, 3.05) is 0 Å². The molecule has 338 valence electrons. The Hall–Kier alpha value is -8.18. The Bertz CT molecular complexity index is 3920. The van der Waals surface area contributed by atoms with Gasteiger partial charge in [-0.15, -0.1) is 17.5 Å². The molecule has 0 atom stereocenters. The van der Waals surface area contributed by atoms with E-state index in [2.05, 4.69) is 224 Å². The van der Waals surface area contributed by atoms with E-state index in [1.807, 2.05) is 29.0 Å². The van der Waals surface area contributed by atoms with E-state index >= 15 is 0 Å². The second-order valence-corrected chi connectivity index (χ2v) is 18.6. The molecule has 4 heterocycles. The van der Waals surface area contributed by atoms with Crippen LogP contribution in [0.1, 0.15) is 26.3 Å². The maximum Gasteiger partial charge on any atom is 0.269 e. The first kappa shape index (κ1) is 43.1. The maximum atomic E-state index is 6.80. The van der Waals surface area contributed by atoms with Crippen molar-refractivity contribution in [3.8, 4) is 84.6 Å². The van der Waals surface area contributed by atoms with Gasteiger partial charge in [-0.2, -0.15) is 18.2 Å². The maximum absolute atomic E-state index is 6.80. The van der Waals surface area contributed by atoms with Gasteiger partial charge in [0.05, 0.1) is 22.5 Å². The zero-order valence-corrected chi connectivity index (χ0v) is 40.9. The van der Waals surface area contributed by atoms with Gasteiger partial charge < -0.3 is 9.30 Å². The van der Waals surface area contributed by atoms with Crippen LogP contribution in [0.2, 0.25) is 0 Å². The number of aromatic nitrogens is 5. The van der Waals surface area contributed by atoms with E-state index in [1.165, 1.54) is 33.0 Å². The number of imidazole rings is 1. The molecule has 8 aromatic carbocycles. The normalized spacial score (nSPS) is 11.8. The van der Waals surface area contributed by atoms with E-state index in [4.69, 9.17) is 14.7 Å². The number of fused-ring (bicyclic) bond motifs is 8. The molecule has 0 spiro atoms. The number of nitrogens with zero attached hydrogens (tertiary/aromatic N) is 5. The minimum Gasteiger partial charge on any atom is -0.522 e. The summed E-state index contributed by atoms with van der Waals surface area (Å²) in [6, 6.07) is 75.5. The van der Waals surface area contributed by atoms with E-state index in [9.17, 15) is 0 Å². The van der Waals surface area contributed by atoms with Crippen molar-refractivity contribution in [1.82, 2.24) is 19.1 Å². The molecule has 0 N–H and O–H groups in total. The monoisotopic (exact) mass is 1080 g/mol. The Kier molecular flexibility index (Phi) is 10.5. The van der Waals surface area contributed by atoms with Gasteiger partial charge in [0, 0.05) is 44.3 Å². The van der Waals surface area contributed by atoms with Crippen LogP contribution < -0.4 is 9.30 Å². The Morgan fingerprint density at radius 3 is 1.90 bits per heavy atom. The third-order valence-corrected chi connectivity index (χ3v) is 13.4. The fourth-order valence-corrected chi connectivity index (χ4v) is 10.2. The summed E-state index contributed by atoms with van der Waals surface area (Å²) in [5, 5.41) is 3.49. The number of hydrogen-bond acceptors (Lipinski definition) is 3. The first-order chi connectivity index (χ1) is 33.9. The molecule has 6 nitrogen and oxygen atoms in total. The van der Waals surface area contributed by atoms with Gasteiger partial charge in [0.15, 0.2) is 0 Å². The predicted molar refractivity (Wildman–Crippen MR) is 277 cm³/mol. The fraction of sp³-hybridized carbons (Fsp3) is 0.0635. The first-order valence-corrected chi connectivity index (χ1v) is 23.3. The van der Waals surface area contributed by atoms with Crippen LogP contribution in [0, 0.1) is 18.5 Å². The molecule has 0 bridgehead atoms. The van der Waals surface area contributed by atoms with E-state index in [0.717, 1.165) is 72.5 Å². The number of pyridine rings is 2. The molecule has 0 fully saturated rings. The third-order valence-electron chi connectivity index (χ3n) is 13.4. The Morgan fingerprint density at radius 2 is 1.16 bits per heavy atom. The van der Waals surface area contributed by atoms with Gasteiger partial charge >= 0.3 is 0 Å². The zero-order chi connectivity index (χ0) is 46.2. The molecule has 0 saturated heterocycles. The van der Waals surface area contributed by atoms with E-state index in [1.54, 1.807) is 6.20 Å². The Balaban J connectivity index is 0.00000505. The number of benzene rings is 8. The second kappa shape index (κ2) is 17.1. The zero-order valence-electron chi connectivity index (χ0n) is 38.6. The topological polar surface area (TPSA) is 48.8 Å². The summed E-state index contributed by atoms with van der Waals surface area (Å²) >= 11 is 0. The third kappa shape index (κ3) is 7.09. The first-order valence-electron chi connectivity index (χ1n) is 23.3. The molecule has 0 saturated carbocycles. The van der Waals surface area contributed by atoms with Crippen LogP contribution in [0.4, 0.5) is 0 Å². The minimum absolute atomic E-state index is 0. The summed E-state index contributed by atoms with van der Waals surface area (Å²) in [6.45, 7) is 6.72. The van der Waals surface area contributed by atoms with Crippen molar-refractivity contribution in [3.05, 3.63) is 231 Å². The van der Waals surface area contributed by atoms with Crippen molar-refractivity contribution >= 4 is 32.7 Å². The van der Waals surface area contributed by atoms with Crippen molar-refractivity contribution in [2.24, 2.45) is 0 Å². The standard InChI is InChI=1S/C63H43N5O.Pt/c1-63(2,3)44-33-35-65-58(37-44)68-56-38-45(31-32-52(56)60-53-28-15-22-43-21-14-27-50(59(43)53)49-23-10-11-24-51(49)62(60)68)69-46-34-36-64-57(39-46)66-40-67(55-30-13-12-29-54(55)66)61-47(41-17-6-4-7-18-41)25-16-26-48(61)42-19-8-5-9-20-42;/h4-37H,1-3H3;/q-2;. The van der Waals surface area contributed by atoms with Crippen LogP contribution in [0.25, 0.3) is 106 Å². The molecule has 7 heteroatoms. The van der Waals surface area contributed by atoms with Gasteiger partial charge in [0.1, 0.15) is 5.82 Å². The predicted octanol–water partition coefficient (Wildman–Crippen LogP) is 14.9. The van der Waals surface area contributed by atoms with Crippen LogP contribution in [-0.2, 0) is 26.5 Å². The summed E-state index contributed by atoms with van der Waals surface area (Å²) in [7, 11) is 0. The number of para-hydroxylation sites is 3. The van der Waals surface area contributed by atoms with Crippen molar-refractivity contribution < 1.29 is 30.4 Å². The quantitative estimate of drug-likeness (QED) is 0.118. The van der Waals surface area contributed by atoms with E-state index < -0.39 is 0 Å². The SMILES string of the molecule is CC(C)(C)c1ccnc(-n2c3c(c4ccc(Oc5[c-]c(-n6[c-][n+](-c7c(-c8ccccc8)cccc7-c7ccccc7)c7ccccc76)ncc5)[c-]c42)-c2cccc4cccc(c24)-c2ccccc2-3)c1.[Pt]. The molecule has 0 amide bonds. The Labute approximate surface area is 421 Å². The van der Waals surface area contributed by atoms with Gasteiger partial charge in [-0.05, 0) is 84.1 Å². The van der Waals surface area contributed by atoms with Crippen molar-refractivity contribution in [3.63, 3.8) is 0 Å². The number of ether oxygens (including phenoxy) is 1. The van der Waals surface area contributed by atoms with Gasteiger partial charge in [0.25, 0.3) is 6.33 Å². The molecule has 0 radical (unpaired) electrons. The summed E-state index contributed by atoms with van der Waals surface area (Å²) in [4.78, 5) is 9.96. The van der Waals surface area contributed by atoms with Crippen LogP contribution >= 0.6 is 0 Å². The van der Waals surface area contributed by atoms with Gasteiger partial charge in [-0.25, -0.2) is 4.98 Å². The molecule has 70 heavy (non-hydrogen) atoms. The Morgan fingerprint density at radius 1 is 0.543 bits per heavy atom. The van der Waals surface area contributed by atoms with Crippen LogP contribution in [0.15, 0.2) is 207 Å². The minimum atomic E-state index is -0.0958. The molecule has 4 aromatic heterocycles. The van der Waals surface area contributed by atoms with Crippen molar-refractivity contribution in [2.45, 2.75) is 26.2 Å². The van der Waals surface area contributed by atoms with Crippen LogP contribution in [0.5, 0.6) is 11.5 Å². The molecular weight excluding hydrogens is 1040 g/mol. The average Bonchev–Trinajstić information content (AvgIpc) is 3.91. The fourth-order valence-electron chi connectivity index (χ4n) is 10.2. The molecule has 12 aromatic rings. The van der Waals surface area contributed by atoms with Crippen LogP contribution in [-0.4, -0.2) is 19.1 Å². The molecule has 0 aliphatic heterocycles. The molecule has 1 aliphatic rings. The molecule has 13 rings (SSSR count). The van der Waals surface area contributed by atoms with Crippen molar-refractivity contribution in [1.29, 1.82) is 0 Å². The largest absolute Gasteiger partial charge is 0.522 e. The second-order valence-electron chi connectivity index (χ2n) is 18.6. The number of hydrogen-bond donors (Lipinski definition) is 0.